The van der Waals surface area contributed by atoms with Crippen LogP contribution in [0.3, 0.4) is 0 Å². The Morgan fingerprint density at radius 2 is 2.00 bits per heavy atom. The Morgan fingerprint density at radius 3 is 2.65 bits per heavy atom. The summed E-state index contributed by atoms with van der Waals surface area (Å²) in [5.74, 6) is 1.96. The number of rotatable bonds is 5. The second kappa shape index (κ2) is 6.23. The number of aromatic hydroxyl groups is 1. The van der Waals surface area contributed by atoms with Crippen molar-refractivity contribution in [3.05, 3.63) is 30.0 Å². The SMILES string of the molecule is CCOc1cc(-c2nc(CC)cc(NC)n2)ccc1O. The summed E-state index contributed by atoms with van der Waals surface area (Å²) < 4.78 is 5.39. The molecule has 0 bridgehead atoms. The summed E-state index contributed by atoms with van der Waals surface area (Å²) in [5, 5.41) is 12.8. The Labute approximate surface area is 118 Å². The lowest BCUT2D eigenvalue weighted by atomic mass is 10.1. The van der Waals surface area contributed by atoms with Crippen molar-refractivity contribution in [2.45, 2.75) is 20.3 Å². The number of phenolic OH excluding ortho intramolecular Hbond substituents is 1. The number of aromatic nitrogens is 2. The molecule has 0 saturated carbocycles. The van der Waals surface area contributed by atoms with Gasteiger partial charge in [0.2, 0.25) is 0 Å². The van der Waals surface area contributed by atoms with E-state index in [1.807, 2.05) is 27.0 Å². The van der Waals surface area contributed by atoms with Crippen LogP contribution in [0.1, 0.15) is 19.5 Å². The van der Waals surface area contributed by atoms with Crippen LogP contribution in [0, 0.1) is 0 Å². The first-order valence-electron chi connectivity index (χ1n) is 6.69. The van der Waals surface area contributed by atoms with Crippen LogP contribution < -0.4 is 10.1 Å². The van der Waals surface area contributed by atoms with Crippen LogP contribution in [0.25, 0.3) is 11.4 Å². The first kappa shape index (κ1) is 14.1. The summed E-state index contributed by atoms with van der Waals surface area (Å²) in [5.41, 5.74) is 1.78. The summed E-state index contributed by atoms with van der Waals surface area (Å²) in [6.45, 7) is 4.42. The second-order valence-corrected chi connectivity index (χ2v) is 4.29. The van der Waals surface area contributed by atoms with Gasteiger partial charge in [-0.25, -0.2) is 9.97 Å². The molecule has 0 atom stereocenters. The van der Waals surface area contributed by atoms with E-state index in [-0.39, 0.29) is 5.75 Å². The summed E-state index contributed by atoms with van der Waals surface area (Å²) in [4.78, 5) is 8.95. The van der Waals surface area contributed by atoms with Gasteiger partial charge in [-0.1, -0.05) is 6.92 Å². The minimum absolute atomic E-state index is 0.121. The van der Waals surface area contributed by atoms with E-state index in [1.165, 1.54) is 0 Å². The molecule has 5 nitrogen and oxygen atoms in total. The van der Waals surface area contributed by atoms with Crippen molar-refractivity contribution in [3.63, 3.8) is 0 Å². The lowest BCUT2D eigenvalue weighted by Gasteiger charge is -2.10. The van der Waals surface area contributed by atoms with Gasteiger partial charge < -0.3 is 15.2 Å². The van der Waals surface area contributed by atoms with E-state index >= 15 is 0 Å². The molecule has 0 fully saturated rings. The molecule has 1 aromatic carbocycles. The van der Waals surface area contributed by atoms with Crippen molar-refractivity contribution in [2.75, 3.05) is 19.0 Å². The molecule has 1 aromatic heterocycles. The lowest BCUT2D eigenvalue weighted by molar-refractivity contribution is 0.318. The second-order valence-electron chi connectivity index (χ2n) is 4.29. The van der Waals surface area contributed by atoms with Crippen molar-refractivity contribution < 1.29 is 9.84 Å². The zero-order valence-corrected chi connectivity index (χ0v) is 12.0. The third kappa shape index (κ3) is 2.99. The topological polar surface area (TPSA) is 67.3 Å². The molecule has 0 saturated heterocycles. The Balaban J connectivity index is 2.47. The van der Waals surface area contributed by atoms with Crippen molar-refractivity contribution in [1.29, 1.82) is 0 Å². The van der Waals surface area contributed by atoms with Crippen LogP contribution in [0.2, 0.25) is 0 Å². The van der Waals surface area contributed by atoms with Gasteiger partial charge in [-0.3, -0.25) is 0 Å². The predicted molar refractivity (Wildman–Crippen MR) is 79.2 cm³/mol. The number of hydrogen-bond donors (Lipinski definition) is 2. The van der Waals surface area contributed by atoms with Gasteiger partial charge >= 0.3 is 0 Å². The highest BCUT2D eigenvalue weighted by molar-refractivity contribution is 5.62. The zero-order valence-electron chi connectivity index (χ0n) is 12.0. The molecule has 20 heavy (non-hydrogen) atoms. The monoisotopic (exact) mass is 273 g/mol. The van der Waals surface area contributed by atoms with Crippen LogP contribution >= 0.6 is 0 Å². The van der Waals surface area contributed by atoms with Crippen molar-refractivity contribution >= 4 is 5.82 Å². The predicted octanol–water partition coefficient (Wildman–Crippen LogP) is 2.85. The molecular formula is C15H19N3O2. The van der Waals surface area contributed by atoms with Gasteiger partial charge in [0.15, 0.2) is 17.3 Å². The summed E-state index contributed by atoms with van der Waals surface area (Å²) in [7, 11) is 1.83. The molecule has 0 aliphatic carbocycles. The Bertz CT molecular complexity index is 577. The molecule has 1 heterocycles. The van der Waals surface area contributed by atoms with Crippen LogP contribution in [0.15, 0.2) is 24.3 Å². The normalized spacial score (nSPS) is 10.3. The molecule has 5 heteroatoms. The summed E-state index contributed by atoms with van der Waals surface area (Å²) in [6, 6.07) is 7.06. The van der Waals surface area contributed by atoms with Crippen molar-refractivity contribution in [3.8, 4) is 22.9 Å². The molecule has 0 spiro atoms. The summed E-state index contributed by atoms with van der Waals surface area (Å²) >= 11 is 0. The Hall–Kier alpha value is -2.30. The quantitative estimate of drug-likeness (QED) is 0.876. The Morgan fingerprint density at radius 1 is 1.20 bits per heavy atom. The van der Waals surface area contributed by atoms with Gasteiger partial charge in [-0.05, 0) is 31.5 Å². The van der Waals surface area contributed by atoms with Gasteiger partial charge in [0, 0.05) is 24.4 Å². The number of hydrogen-bond acceptors (Lipinski definition) is 5. The van der Waals surface area contributed by atoms with E-state index in [1.54, 1.807) is 18.2 Å². The molecular weight excluding hydrogens is 254 g/mol. The third-order valence-corrected chi connectivity index (χ3v) is 2.92. The van der Waals surface area contributed by atoms with E-state index in [2.05, 4.69) is 15.3 Å². The van der Waals surface area contributed by atoms with Gasteiger partial charge in [0.25, 0.3) is 0 Å². The lowest BCUT2D eigenvalue weighted by Crippen LogP contribution is -2.00. The first-order valence-corrected chi connectivity index (χ1v) is 6.69. The number of phenols is 1. The number of anilines is 1. The molecule has 2 rings (SSSR count). The molecule has 0 radical (unpaired) electrons. The minimum Gasteiger partial charge on any atom is -0.504 e. The molecule has 0 amide bonds. The number of ether oxygens (including phenoxy) is 1. The van der Waals surface area contributed by atoms with Crippen molar-refractivity contribution in [1.82, 2.24) is 9.97 Å². The van der Waals surface area contributed by atoms with E-state index < -0.39 is 0 Å². The highest BCUT2D eigenvalue weighted by Crippen LogP contribution is 2.30. The van der Waals surface area contributed by atoms with Crippen LogP contribution in [-0.2, 0) is 6.42 Å². The zero-order chi connectivity index (χ0) is 14.5. The molecule has 2 N–H and O–H groups in total. The maximum absolute atomic E-state index is 9.74. The fourth-order valence-corrected chi connectivity index (χ4v) is 1.86. The molecule has 2 aromatic rings. The molecule has 0 unspecified atom stereocenters. The van der Waals surface area contributed by atoms with E-state index in [4.69, 9.17) is 4.74 Å². The first-order chi connectivity index (χ1) is 9.67. The fraction of sp³-hybridized carbons (Fsp3) is 0.333. The van der Waals surface area contributed by atoms with Gasteiger partial charge in [0.1, 0.15) is 5.82 Å². The average Bonchev–Trinajstić information content (AvgIpc) is 2.49. The fourth-order valence-electron chi connectivity index (χ4n) is 1.86. The van der Waals surface area contributed by atoms with Gasteiger partial charge in [-0.2, -0.15) is 0 Å². The number of nitrogens with zero attached hydrogens (tertiary/aromatic N) is 2. The number of aryl methyl sites for hydroxylation is 1. The smallest absolute Gasteiger partial charge is 0.161 e. The number of nitrogens with one attached hydrogen (secondary N) is 1. The molecule has 0 aliphatic heterocycles. The molecule has 106 valence electrons. The minimum atomic E-state index is 0.121. The van der Waals surface area contributed by atoms with Crippen LogP contribution in [-0.4, -0.2) is 28.7 Å². The van der Waals surface area contributed by atoms with Gasteiger partial charge in [0.05, 0.1) is 6.61 Å². The van der Waals surface area contributed by atoms with E-state index in [9.17, 15) is 5.11 Å². The standard InChI is InChI=1S/C15H19N3O2/c1-4-11-9-14(16-3)18-15(17-11)10-6-7-12(19)13(8-10)20-5-2/h6-9,19H,4-5H2,1-3H3,(H,16,17,18). The highest BCUT2D eigenvalue weighted by Gasteiger charge is 2.09. The number of benzene rings is 1. The average molecular weight is 273 g/mol. The highest BCUT2D eigenvalue weighted by atomic mass is 16.5. The molecule has 0 aliphatic rings. The maximum atomic E-state index is 9.74. The van der Waals surface area contributed by atoms with Crippen molar-refractivity contribution in [2.24, 2.45) is 0 Å². The summed E-state index contributed by atoms with van der Waals surface area (Å²) in [6.07, 6.45) is 0.834. The van der Waals surface area contributed by atoms with Crippen LogP contribution in [0.4, 0.5) is 5.82 Å². The largest absolute Gasteiger partial charge is 0.504 e. The van der Waals surface area contributed by atoms with Gasteiger partial charge in [-0.15, -0.1) is 0 Å². The van der Waals surface area contributed by atoms with E-state index in [0.29, 0.717) is 18.2 Å². The maximum Gasteiger partial charge on any atom is 0.161 e. The van der Waals surface area contributed by atoms with E-state index in [0.717, 1.165) is 23.5 Å². The van der Waals surface area contributed by atoms with Crippen LogP contribution in [0.5, 0.6) is 11.5 Å². The Kier molecular flexibility index (Phi) is 4.40. The third-order valence-electron chi connectivity index (χ3n) is 2.92.